The second kappa shape index (κ2) is 13.8. The fraction of sp³-hybridized carbons (Fsp3) is 0.300. The Morgan fingerprint density at radius 2 is 1.18 bits per heavy atom. The maximum absolute atomic E-state index is 13.3. The molecule has 3 rings (SSSR count). The summed E-state index contributed by atoms with van der Waals surface area (Å²) in [4.78, 5) is 39.4. The van der Waals surface area contributed by atoms with E-state index in [2.05, 4.69) is 16.0 Å². The van der Waals surface area contributed by atoms with Crippen molar-refractivity contribution in [2.24, 2.45) is 5.92 Å². The molecule has 8 nitrogen and oxygen atoms in total. The number of methoxy groups -OCH3 is 2. The Morgan fingerprint density at radius 1 is 0.711 bits per heavy atom. The van der Waals surface area contributed by atoms with E-state index in [1.165, 1.54) is 0 Å². The quantitative estimate of drug-likeness (QED) is 0.336. The van der Waals surface area contributed by atoms with Gasteiger partial charge in [0.25, 0.3) is 11.8 Å². The van der Waals surface area contributed by atoms with E-state index in [9.17, 15) is 14.4 Å². The lowest BCUT2D eigenvalue weighted by Gasteiger charge is -2.24. The van der Waals surface area contributed by atoms with Crippen molar-refractivity contribution >= 4 is 17.7 Å². The normalized spacial score (nSPS) is 12.1. The molecule has 0 aliphatic rings. The van der Waals surface area contributed by atoms with Crippen molar-refractivity contribution in [1.82, 2.24) is 16.0 Å². The first-order valence-electron chi connectivity index (χ1n) is 12.6. The molecule has 3 aromatic carbocycles. The van der Waals surface area contributed by atoms with Crippen LogP contribution in [-0.4, -0.2) is 38.0 Å². The van der Waals surface area contributed by atoms with Crippen LogP contribution in [0.25, 0.3) is 0 Å². The second-order valence-electron chi connectivity index (χ2n) is 8.98. The van der Waals surface area contributed by atoms with E-state index in [1.54, 1.807) is 38.5 Å². The van der Waals surface area contributed by atoms with E-state index in [4.69, 9.17) is 9.47 Å². The van der Waals surface area contributed by atoms with Gasteiger partial charge in [-0.05, 0) is 53.4 Å². The highest BCUT2D eigenvalue weighted by atomic mass is 16.5. The molecule has 0 bridgehead atoms. The predicted octanol–water partition coefficient (Wildman–Crippen LogP) is 4.09. The van der Waals surface area contributed by atoms with E-state index in [0.29, 0.717) is 19.5 Å². The molecular weight excluding hydrogens is 482 g/mol. The minimum Gasteiger partial charge on any atom is -0.497 e. The molecule has 0 radical (unpaired) electrons. The van der Waals surface area contributed by atoms with Crippen molar-refractivity contribution in [3.8, 4) is 11.5 Å². The smallest absolute Gasteiger partial charge is 0.252 e. The molecule has 200 valence electrons. The average molecular weight is 518 g/mol. The molecule has 0 fully saturated rings. The van der Waals surface area contributed by atoms with Crippen LogP contribution in [0.3, 0.4) is 0 Å². The number of amides is 3. The van der Waals surface area contributed by atoms with Crippen LogP contribution >= 0.6 is 0 Å². The molecule has 0 spiro atoms. The summed E-state index contributed by atoms with van der Waals surface area (Å²) in [6.07, 6.45) is 0.685. The molecule has 0 aliphatic heterocycles. The van der Waals surface area contributed by atoms with Gasteiger partial charge in [-0.1, -0.05) is 56.7 Å². The van der Waals surface area contributed by atoms with Crippen molar-refractivity contribution in [2.75, 3.05) is 14.2 Å². The van der Waals surface area contributed by atoms with Gasteiger partial charge in [0, 0.05) is 13.1 Å². The number of benzene rings is 3. The van der Waals surface area contributed by atoms with Gasteiger partial charge >= 0.3 is 0 Å². The summed E-state index contributed by atoms with van der Waals surface area (Å²) in [7, 11) is 3.19. The maximum Gasteiger partial charge on any atom is 0.252 e. The third kappa shape index (κ3) is 7.59. The first kappa shape index (κ1) is 28.2. The molecule has 0 unspecified atom stereocenters. The van der Waals surface area contributed by atoms with Crippen molar-refractivity contribution < 1.29 is 23.9 Å². The van der Waals surface area contributed by atoms with E-state index in [1.807, 2.05) is 62.4 Å². The molecule has 38 heavy (non-hydrogen) atoms. The molecule has 3 aromatic rings. The fourth-order valence-electron chi connectivity index (χ4n) is 3.86. The Bertz CT molecular complexity index is 1230. The van der Waals surface area contributed by atoms with Crippen molar-refractivity contribution in [2.45, 2.75) is 39.4 Å². The minimum absolute atomic E-state index is 0.120. The lowest BCUT2D eigenvalue weighted by Crippen LogP contribution is -2.50. The third-order valence-electron chi connectivity index (χ3n) is 6.44. The molecule has 2 atom stereocenters. The highest BCUT2D eigenvalue weighted by Gasteiger charge is 2.27. The van der Waals surface area contributed by atoms with Gasteiger partial charge in [-0.25, -0.2) is 0 Å². The molecule has 0 aliphatic carbocycles. The zero-order valence-electron chi connectivity index (χ0n) is 22.2. The Balaban J connectivity index is 1.67. The zero-order chi connectivity index (χ0) is 27.5. The van der Waals surface area contributed by atoms with Crippen molar-refractivity contribution in [3.05, 3.63) is 95.1 Å². The largest absolute Gasteiger partial charge is 0.497 e. The number of carbonyl (C=O) groups is 3. The molecular formula is C30H35N3O5. The van der Waals surface area contributed by atoms with Crippen LogP contribution in [0.5, 0.6) is 11.5 Å². The molecule has 3 N–H and O–H groups in total. The first-order valence-corrected chi connectivity index (χ1v) is 12.6. The number of hydrogen-bond donors (Lipinski definition) is 3. The minimum atomic E-state index is -0.763. The molecule has 0 heterocycles. The van der Waals surface area contributed by atoms with E-state index < -0.39 is 11.9 Å². The van der Waals surface area contributed by atoms with Gasteiger partial charge < -0.3 is 25.4 Å². The van der Waals surface area contributed by atoms with Gasteiger partial charge in [0.2, 0.25) is 5.91 Å². The van der Waals surface area contributed by atoms with E-state index in [0.717, 1.165) is 22.6 Å². The van der Waals surface area contributed by atoms with Gasteiger partial charge in [0.05, 0.1) is 25.3 Å². The third-order valence-corrected chi connectivity index (χ3v) is 6.44. The van der Waals surface area contributed by atoms with Gasteiger partial charge in [-0.3, -0.25) is 14.4 Å². The SMILES string of the molecule is CC[C@@H](C)[C@H](NC(=O)c1ccccc1C(=O)NCc1ccc(OC)cc1)C(=O)NCc1ccc(OC)cc1. The van der Waals surface area contributed by atoms with Crippen LogP contribution in [0, 0.1) is 5.92 Å². The number of ether oxygens (including phenoxy) is 2. The van der Waals surface area contributed by atoms with Crippen LogP contribution in [0.2, 0.25) is 0 Å². The Labute approximate surface area is 223 Å². The van der Waals surface area contributed by atoms with Gasteiger partial charge in [-0.15, -0.1) is 0 Å². The van der Waals surface area contributed by atoms with Crippen LogP contribution in [0.4, 0.5) is 0 Å². The zero-order valence-corrected chi connectivity index (χ0v) is 22.2. The Morgan fingerprint density at radius 3 is 1.66 bits per heavy atom. The summed E-state index contributed by atoms with van der Waals surface area (Å²) in [5, 5.41) is 8.62. The summed E-state index contributed by atoms with van der Waals surface area (Å²) in [5.74, 6) is 0.194. The summed E-state index contributed by atoms with van der Waals surface area (Å²) in [6, 6.07) is 20.6. The van der Waals surface area contributed by atoms with Crippen LogP contribution in [0.15, 0.2) is 72.8 Å². The standard InChI is InChI=1S/C30H35N3O5/c1-5-20(2)27(30(36)32-19-22-12-16-24(38-4)17-13-22)33-29(35)26-9-7-6-8-25(26)28(34)31-18-21-10-14-23(37-3)15-11-21/h6-17,20,27H,5,18-19H2,1-4H3,(H,31,34)(H,32,36)(H,33,35)/t20-,27+/m1/s1. The molecule has 0 saturated carbocycles. The predicted molar refractivity (Wildman–Crippen MR) is 146 cm³/mol. The van der Waals surface area contributed by atoms with Crippen LogP contribution in [-0.2, 0) is 17.9 Å². The molecule has 0 saturated heterocycles. The lowest BCUT2D eigenvalue weighted by atomic mass is 9.97. The van der Waals surface area contributed by atoms with Gasteiger partial charge in [0.1, 0.15) is 17.5 Å². The number of nitrogens with one attached hydrogen (secondary N) is 3. The van der Waals surface area contributed by atoms with E-state index >= 15 is 0 Å². The summed E-state index contributed by atoms with van der Waals surface area (Å²) >= 11 is 0. The van der Waals surface area contributed by atoms with E-state index in [-0.39, 0.29) is 28.9 Å². The topological polar surface area (TPSA) is 106 Å². The fourth-order valence-corrected chi connectivity index (χ4v) is 3.86. The highest BCUT2D eigenvalue weighted by molar-refractivity contribution is 6.08. The van der Waals surface area contributed by atoms with Crippen LogP contribution in [0.1, 0.15) is 52.1 Å². The van der Waals surface area contributed by atoms with Crippen LogP contribution < -0.4 is 25.4 Å². The number of hydrogen-bond acceptors (Lipinski definition) is 5. The second-order valence-corrected chi connectivity index (χ2v) is 8.98. The molecule has 0 aromatic heterocycles. The maximum atomic E-state index is 13.3. The van der Waals surface area contributed by atoms with Crippen molar-refractivity contribution in [1.29, 1.82) is 0 Å². The Kier molecular flexibility index (Phi) is 10.3. The summed E-state index contributed by atoms with van der Waals surface area (Å²) in [6.45, 7) is 4.48. The molecule has 3 amide bonds. The average Bonchev–Trinajstić information content (AvgIpc) is 2.97. The lowest BCUT2D eigenvalue weighted by molar-refractivity contribution is -0.124. The summed E-state index contributed by atoms with van der Waals surface area (Å²) < 4.78 is 10.3. The van der Waals surface area contributed by atoms with Gasteiger partial charge in [0.15, 0.2) is 0 Å². The van der Waals surface area contributed by atoms with Gasteiger partial charge in [-0.2, -0.15) is 0 Å². The Hall–Kier alpha value is -4.33. The summed E-state index contributed by atoms with van der Waals surface area (Å²) in [5.41, 5.74) is 2.25. The number of rotatable bonds is 12. The highest BCUT2D eigenvalue weighted by Crippen LogP contribution is 2.15. The molecule has 8 heteroatoms. The number of carbonyl (C=O) groups excluding carboxylic acids is 3. The monoisotopic (exact) mass is 517 g/mol. The van der Waals surface area contributed by atoms with Crippen molar-refractivity contribution in [3.63, 3.8) is 0 Å². The first-order chi connectivity index (χ1) is 18.4.